The molecule has 5 heteroatoms. The van der Waals surface area contributed by atoms with E-state index in [1.807, 2.05) is 36.0 Å². The summed E-state index contributed by atoms with van der Waals surface area (Å²) in [5, 5.41) is 15.2. The number of amides is 1. The van der Waals surface area contributed by atoms with E-state index in [2.05, 4.69) is 5.32 Å². The van der Waals surface area contributed by atoms with Crippen LogP contribution >= 0.6 is 11.8 Å². The monoisotopic (exact) mass is 314 g/mol. The van der Waals surface area contributed by atoms with Crippen molar-refractivity contribution in [2.45, 2.75) is 35.8 Å². The molecule has 0 unspecified atom stereocenters. The number of aromatic nitrogens is 1. The van der Waals surface area contributed by atoms with Gasteiger partial charge in [0.1, 0.15) is 0 Å². The lowest BCUT2D eigenvalue weighted by Gasteiger charge is -2.13. The first kappa shape index (κ1) is 14.9. The van der Waals surface area contributed by atoms with Gasteiger partial charge in [-0.25, -0.2) is 0 Å². The number of pyridine rings is 1. The maximum Gasteiger partial charge on any atom is 0.321 e. The Bertz CT molecular complexity index is 669. The molecule has 0 atom stereocenters. The van der Waals surface area contributed by atoms with Crippen LogP contribution in [0.2, 0.25) is 0 Å². The van der Waals surface area contributed by atoms with Crippen molar-refractivity contribution in [2.24, 2.45) is 0 Å². The summed E-state index contributed by atoms with van der Waals surface area (Å²) < 4.78 is 0.585. The second kappa shape index (κ2) is 6.83. The minimum Gasteiger partial charge on any atom is -0.618 e. The fourth-order valence-electron chi connectivity index (χ4n) is 2.65. The van der Waals surface area contributed by atoms with Crippen molar-refractivity contribution in [2.75, 3.05) is 5.32 Å². The lowest BCUT2D eigenvalue weighted by Crippen LogP contribution is -2.36. The van der Waals surface area contributed by atoms with Crippen LogP contribution in [0, 0.1) is 5.21 Å². The zero-order valence-electron chi connectivity index (χ0n) is 12.2. The van der Waals surface area contributed by atoms with E-state index >= 15 is 0 Å². The first-order chi connectivity index (χ1) is 10.7. The van der Waals surface area contributed by atoms with Crippen LogP contribution in [-0.2, 0) is 0 Å². The minimum absolute atomic E-state index is 0.100. The van der Waals surface area contributed by atoms with Crippen molar-refractivity contribution in [3.8, 4) is 0 Å². The van der Waals surface area contributed by atoms with Crippen LogP contribution in [0.3, 0.4) is 0 Å². The molecule has 0 saturated heterocycles. The van der Waals surface area contributed by atoms with Gasteiger partial charge < -0.3 is 10.5 Å². The van der Waals surface area contributed by atoms with E-state index in [1.54, 1.807) is 12.1 Å². The summed E-state index contributed by atoms with van der Waals surface area (Å²) >= 11 is 1.82. The third-order valence-electron chi connectivity index (χ3n) is 3.79. The SMILES string of the molecule is O=C(Nc1ccccc1SC1CCCC1)c1cccc[n+]1[O-]. The lowest BCUT2D eigenvalue weighted by molar-refractivity contribution is -0.607. The Morgan fingerprint density at radius 3 is 2.64 bits per heavy atom. The zero-order valence-corrected chi connectivity index (χ0v) is 13.0. The molecule has 1 heterocycles. The minimum atomic E-state index is -0.380. The highest BCUT2D eigenvalue weighted by atomic mass is 32.2. The number of thioether (sulfide) groups is 1. The Morgan fingerprint density at radius 2 is 1.86 bits per heavy atom. The van der Waals surface area contributed by atoms with Crippen molar-refractivity contribution < 1.29 is 9.52 Å². The fourth-order valence-corrected chi connectivity index (χ4v) is 3.98. The normalized spacial score (nSPS) is 14.9. The van der Waals surface area contributed by atoms with Gasteiger partial charge in [0, 0.05) is 22.3 Å². The first-order valence-electron chi connectivity index (χ1n) is 7.49. The molecule has 1 aliphatic carbocycles. The summed E-state index contributed by atoms with van der Waals surface area (Å²) in [6.07, 6.45) is 6.35. The van der Waals surface area contributed by atoms with Gasteiger partial charge in [0.2, 0.25) is 0 Å². The van der Waals surface area contributed by atoms with Gasteiger partial charge in [-0.2, -0.15) is 4.73 Å². The summed E-state index contributed by atoms with van der Waals surface area (Å²) in [7, 11) is 0. The maximum atomic E-state index is 12.3. The van der Waals surface area contributed by atoms with E-state index in [0.717, 1.165) is 10.6 Å². The number of rotatable bonds is 4. The van der Waals surface area contributed by atoms with E-state index in [1.165, 1.54) is 37.9 Å². The molecule has 0 radical (unpaired) electrons. The summed E-state index contributed by atoms with van der Waals surface area (Å²) in [5.41, 5.74) is 0.872. The van der Waals surface area contributed by atoms with Crippen LogP contribution in [0.15, 0.2) is 53.6 Å². The molecule has 2 aromatic rings. The van der Waals surface area contributed by atoms with Crippen LogP contribution in [0.4, 0.5) is 5.69 Å². The fraction of sp³-hybridized carbons (Fsp3) is 0.294. The number of nitrogens with zero attached hydrogens (tertiary/aromatic N) is 1. The molecule has 1 aliphatic rings. The first-order valence-corrected chi connectivity index (χ1v) is 8.37. The smallest absolute Gasteiger partial charge is 0.321 e. The van der Waals surface area contributed by atoms with Crippen molar-refractivity contribution in [1.82, 2.24) is 0 Å². The standard InChI is InChI=1S/C17H18N2O2S/c20-17(15-10-5-6-12-19(15)21)18-14-9-3-4-11-16(14)22-13-7-1-2-8-13/h3-6,9-13H,1-2,7-8H2,(H,18,20). The van der Waals surface area contributed by atoms with Gasteiger partial charge in [0.25, 0.3) is 5.69 Å². The predicted molar refractivity (Wildman–Crippen MR) is 87.9 cm³/mol. The Hall–Kier alpha value is -2.01. The molecule has 1 N–H and O–H groups in total. The molecule has 1 aromatic heterocycles. The van der Waals surface area contributed by atoms with Crippen molar-refractivity contribution in [3.63, 3.8) is 0 Å². The summed E-state index contributed by atoms with van der Waals surface area (Å²) in [5.74, 6) is -0.380. The van der Waals surface area contributed by atoms with E-state index in [4.69, 9.17) is 0 Å². The molecule has 1 amide bonds. The van der Waals surface area contributed by atoms with Gasteiger partial charge >= 0.3 is 5.91 Å². The number of hydrogen-bond donors (Lipinski definition) is 1. The number of carbonyl (C=O) groups excluding carboxylic acids is 1. The predicted octanol–water partition coefficient (Wildman–Crippen LogP) is 3.61. The topological polar surface area (TPSA) is 56.0 Å². The molecule has 4 nitrogen and oxygen atoms in total. The highest BCUT2D eigenvalue weighted by Gasteiger charge is 2.20. The molecule has 0 spiro atoms. The van der Waals surface area contributed by atoms with Gasteiger partial charge in [-0.3, -0.25) is 4.79 Å². The number of para-hydroxylation sites is 1. The van der Waals surface area contributed by atoms with E-state index < -0.39 is 0 Å². The molecule has 0 aliphatic heterocycles. The molecule has 3 rings (SSSR count). The third-order valence-corrected chi connectivity index (χ3v) is 5.20. The Labute approximate surface area is 134 Å². The van der Waals surface area contributed by atoms with Gasteiger partial charge in [-0.1, -0.05) is 25.0 Å². The highest BCUT2D eigenvalue weighted by Crippen LogP contribution is 2.38. The number of carbonyl (C=O) groups is 1. The molecule has 114 valence electrons. The second-order valence-corrected chi connectivity index (χ2v) is 6.73. The molecule has 1 fully saturated rings. The van der Waals surface area contributed by atoms with E-state index in [-0.39, 0.29) is 11.6 Å². The molecule has 1 saturated carbocycles. The Balaban J connectivity index is 1.77. The average molecular weight is 314 g/mol. The van der Waals surface area contributed by atoms with Gasteiger partial charge in [0.15, 0.2) is 6.20 Å². The van der Waals surface area contributed by atoms with E-state index in [9.17, 15) is 10.0 Å². The van der Waals surface area contributed by atoms with Gasteiger partial charge in [0.05, 0.1) is 5.69 Å². The quantitative estimate of drug-likeness (QED) is 0.693. The Morgan fingerprint density at radius 1 is 1.14 bits per heavy atom. The molecule has 0 bridgehead atoms. The summed E-state index contributed by atoms with van der Waals surface area (Å²) in [6.45, 7) is 0. The van der Waals surface area contributed by atoms with Crippen molar-refractivity contribution >= 4 is 23.4 Å². The summed E-state index contributed by atoms with van der Waals surface area (Å²) in [6, 6.07) is 12.6. The number of benzene rings is 1. The van der Waals surface area contributed by atoms with Crippen molar-refractivity contribution in [1.29, 1.82) is 0 Å². The number of nitrogens with one attached hydrogen (secondary N) is 1. The second-order valence-electron chi connectivity index (χ2n) is 5.39. The largest absolute Gasteiger partial charge is 0.618 e. The van der Waals surface area contributed by atoms with Gasteiger partial charge in [-0.15, -0.1) is 11.8 Å². The molecule has 1 aromatic carbocycles. The molecular weight excluding hydrogens is 296 g/mol. The van der Waals surface area contributed by atoms with Crippen LogP contribution in [0.25, 0.3) is 0 Å². The zero-order chi connectivity index (χ0) is 15.4. The van der Waals surface area contributed by atoms with Gasteiger partial charge in [-0.05, 0) is 31.0 Å². The summed E-state index contributed by atoms with van der Waals surface area (Å²) in [4.78, 5) is 13.3. The van der Waals surface area contributed by atoms with Crippen molar-refractivity contribution in [3.05, 3.63) is 59.6 Å². The Kier molecular flexibility index (Phi) is 4.63. The molecule has 22 heavy (non-hydrogen) atoms. The third kappa shape index (κ3) is 3.42. The lowest BCUT2D eigenvalue weighted by atomic mass is 10.3. The average Bonchev–Trinajstić information content (AvgIpc) is 3.02. The molecular formula is C17H18N2O2S. The van der Waals surface area contributed by atoms with E-state index in [0.29, 0.717) is 9.98 Å². The number of hydrogen-bond acceptors (Lipinski definition) is 3. The highest BCUT2D eigenvalue weighted by molar-refractivity contribution is 8.00. The van der Waals surface area contributed by atoms with Crippen LogP contribution in [0.1, 0.15) is 36.2 Å². The van der Waals surface area contributed by atoms with Crippen LogP contribution < -0.4 is 10.0 Å². The number of anilines is 1. The maximum absolute atomic E-state index is 12.3. The van der Waals surface area contributed by atoms with Crippen LogP contribution in [0.5, 0.6) is 0 Å². The van der Waals surface area contributed by atoms with Crippen LogP contribution in [-0.4, -0.2) is 11.2 Å².